The van der Waals surface area contributed by atoms with Crippen LogP contribution in [0.3, 0.4) is 0 Å². The SMILES string of the molecule is COc1ccc(C)cc1NCCC(=O)Nc1cc(C)on1. The molecule has 112 valence electrons. The van der Waals surface area contributed by atoms with Crippen molar-refractivity contribution in [2.75, 3.05) is 24.3 Å². The quantitative estimate of drug-likeness (QED) is 0.855. The van der Waals surface area contributed by atoms with Gasteiger partial charge in [-0.15, -0.1) is 0 Å². The Bertz CT molecular complexity index is 622. The highest BCUT2D eigenvalue weighted by Gasteiger charge is 2.07. The highest BCUT2D eigenvalue weighted by molar-refractivity contribution is 5.90. The number of aryl methyl sites for hydroxylation is 2. The number of hydrogen-bond acceptors (Lipinski definition) is 5. The Labute approximate surface area is 123 Å². The molecule has 0 saturated heterocycles. The van der Waals surface area contributed by atoms with E-state index in [1.807, 2.05) is 25.1 Å². The van der Waals surface area contributed by atoms with Crippen LogP contribution >= 0.6 is 0 Å². The number of rotatable bonds is 6. The molecular weight excluding hydrogens is 270 g/mol. The second-order valence-electron chi connectivity index (χ2n) is 4.75. The standard InChI is InChI=1S/C15H19N3O3/c1-10-4-5-13(20-3)12(8-10)16-7-6-15(19)17-14-9-11(2)21-18-14/h4-5,8-9,16H,6-7H2,1-3H3,(H,17,18,19). The third kappa shape index (κ3) is 4.24. The number of amides is 1. The first-order chi connectivity index (χ1) is 10.1. The van der Waals surface area contributed by atoms with Gasteiger partial charge >= 0.3 is 0 Å². The monoisotopic (exact) mass is 289 g/mol. The van der Waals surface area contributed by atoms with E-state index in [0.29, 0.717) is 24.5 Å². The van der Waals surface area contributed by atoms with Crippen LogP contribution in [0.5, 0.6) is 5.75 Å². The molecule has 2 rings (SSSR count). The number of methoxy groups -OCH3 is 1. The second-order valence-corrected chi connectivity index (χ2v) is 4.75. The molecule has 2 aromatic rings. The summed E-state index contributed by atoms with van der Waals surface area (Å²) in [7, 11) is 1.62. The molecule has 0 aliphatic heterocycles. The smallest absolute Gasteiger partial charge is 0.227 e. The van der Waals surface area contributed by atoms with E-state index in [1.54, 1.807) is 20.1 Å². The van der Waals surface area contributed by atoms with Crippen molar-refractivity contribution < 1.29 is 14.1 Å². The normalized spacial score (nSPS) is 10.2. The molecule has 0 fully saturated rings. The fraction of sp³-hybridized carbons (Fsp3) is 0.333. The Hall–Kier alpha value is -2.50. The summed E-state index contributed by atoms with van der Waals surface area (Å²) in [5, 5.41) is 9.58. The van der Waals surface area contributed by atoms with Crippen LogP contribution in [0.4, 0.5) is 11.5 Å². The van der Waals surface area contributed by atoms with Crippen LogP contribution in [0.15, 0.2) is 28.8 Å². The number of nitrogens with one attached hydrogen (secondary N) is 2. The minimum absolute atomic E-state index is 0.123. The summed E-state index contributed by atoms with van der Waals surface area (Å²) in [5.74, 6) is 1.73. The summed E-state index contributed by atoms with van der Waals surface area (Å²) in [5.41, 5.74) is 2.00. The largest absolute Gasteiger partial charge is 0.495 e. The molecule has 1 heterocycles. The van der Waals surface area contributed by atoms with E-state index >= 15 is 0 Å². The van der Waals surface area contributed by atoms with Gasteiger partial charge in [-0.05, 0) is 31.5 Å². The molecule has 1 aromatic heterocycles. The number of nitrogens with zero attached hydrogens (tertiary/aromatic N) is 1. The Morgan fingerprint density at radius 1 is 1.33 bits per heavy atom. The Balaban J connectivity index is 1.84. The molecule has 0 aliphatic carbocycles. The molecule has 1 amide bonds. The molecule has 1 aromatic carbocycles. The van der Waals surface area contributed by atoms with Gasteiger partial charge in [0.05, 0.1) is 12.8 Å². The lowest BCUT2D eigenvalue weighted by Gasteiger charge is -2.11. The highest BCUT2D eigenvalue weighted by Crippen LogP contribution is 2.24. The second kappa shape index (κ2) is 6.78. The number of benzene rings is 1. The summed E-state index contributed by atoms with van der Waals surface area (Å²) in [6.07, 6.45) is 0.322. The van der Waals surface area contributed by atoms with Gasteiger partial charge in [0.15, 0.2) is 5.82 Å². The number of carbonyl (C=O) groups is 1. The van der Waals surface area contributed by atoms with Gasteiger partial charge in [0.25, 0.3) is 0 Å². The summed E-state index contributed by atoms with van der Waals surface area (Å²) >= 11 is 0. The molecule has 6 heteroatoms. The third-order valence-electron chi connectivity index (χ3n) is 2.92. The minimum atomic E-state index is -0.123. The summed E-state index contributed by atoms with van der Waals surface area (Å²) < 4.78 is 10.2. The van der Waals surface area contributed by atoms with Crippen molar-refractivity contribution in [3.05, 3.63) is 35.6 Å². The zero-order valence-electron chi connectivity index (χ0n) is 12.4. The van der Waals surface area contributed by atoms with E-state index in [4.69, 9.17) is 9.26 Å². The lowest BCUT2D eigenvalue weighted by Crippen LogP contribution is -2.16. The molecule has 0 aliphatic rings. The van der Waals surface area contributed by atoms with Crippen molar-refractivity contribution in [3.63, 3.8) is 0 Å². The first-order valence-corrected chi connectivity index (χ1v) is 6.70. The molecule has 6 nitrogen and oxygen atoms in total. The molecule has 0 saturated carbocycles. The third-order valence-corrected chi connectivity index (χ3v) is 2.92. The van der Waals surface area contributed by atoms with Crippen molar-refractivity contribution in [2.24, 2.45) is 0 Å². The van der Waals surface area contributed by atoms with Crippen LogP contribution in [0.25, 0.3) is 0 Å². The fourth-order valence-electron chi connectivity index (χ4n) is 1.90. The number of hydrogen-bond donors (Lipinski definition) is 2. The number of anilines is 2. The van der Waals surface area contributed by atoms with Crippen LogP contribution in [-0.2, 0) is 4.79 Å². The van der Waals surface area contributed by atoms with Crippen LogP contribution in [0.1, 0.15) is 17.7 Å². The van der Waals surface area contributed by atoms with Crippen molar-refractivity contribution in [1.29, 1.82) is 0 Å². The molecule has 0 bridgehead atoms. The van der Waals surface area contributed by atoms with Gasteiger partial charge in [-0.1, -0.05) is 11.2 Å². The molecule has 0 radical (unpaired) electrons. The number of ether oxygens (including phenoxy) is 1. The molecule has 0 unspecified atom stereocenters. The molecule has 0 spiro atoms. The predicted molar refractivity (Wildman–Crippen MR) is 80.7 cm³/mol. The van der Waals surface area contributed by atoms with E-state index in [-0.39, 0.29) is 5.91 Å². The zero-order valence-corrected chi connectivity index (χ0v) is 12.4. The van der Waals surface area contributed by atoms with Gasteiger partial charge < -0.3 is 19.9 Å². The number of carbonyl (C=O) groups excluding carboxylic acids is 1. The Morgan fingerprint density at radius 3 is 2.81 bits per heavy atom. The lowest BCUT2D eigenvalue weighted by atomic mass is 10.2. The molecule has 21 heavy (non-hydrogen) atoms. The molecule has 0 atom stereocenters. The van der Waals surface area contributed by atoms with E-state index in [9.17, 15) is 4.79 Å². The van der Waals surface area contributed by atoms with Crippen molar-refractivity contribution in [3.8, 4) is 5.75 Å². The summed E-state index contributed by atoms with van der Waals surface area (Å²) in [4.78, 5) is 11.8. The van der Waals surface area contributed by atoms with Crippen LogP contribution in [0, 0.1) is 13.8 Å². The van der Waals surface area contributed by atoms with Crippen molar-refractivity contribution >= 4 is 17.4 Å². The van der Waals surface area contributed by atoms with E-state index in [0.717, 1.165) is 17.0 Å². The Kier molecular flexibility index (Phi) is 4.81. The topological polar surface area (TPSA) is 76.4 Å². The maximum absolute atomic E-state index is 11.8. The summed E-state index contributed by atoms with van der Waals surface area (Å²) in [6, 6.07) is 7.53. The van der Waals surface area contributed by atoms with Crippen LogP contribution in [0.2, 0.25) is 0 Å². The van der Waals surface area contributed by atoms with E-state index in [2.05, 4.69) is 15.8 Å². The maximum Gasteiger partial charge on any atom is 0.227 e. The fourth-order valence-corrected chi connectivity index (χ4v) is 1.90. The minimum Gasteiger partial charge on any atom is -0.495 e. The zero-order chi connectivity index (χ0) is 15.2. The van der Waals surface area contributed by atoms with E-state index < -0.39 is 0 Å². The van der Waals surface area contributed by atoms with Gasteiger partial charge in [-0.25, -0.2) is 0 Å². The predicted octanol–water partition coefficient (Wildman–Crippen LogP) is 2.74. The lowest BCUT2D eigenvalue weighted by molar-refractivity contribution is -0.116. The van der Waals surface area contributed by atoms with Crippen molar-refractivity contribution in [2.45, 2.75) is 20.3 Å². The van der Waals surface area contributed by atoms with Gasteiger partial charge in [-0.2, -0.15) is 0 Å². The molecular formula is C15H19N3O3. The maximum atomic E-state index is 11.8. The Morgan fingerprint density at radius 2 is 2.14 bits per heavy atom. The molecule has 2 N–H and O–H groups in total. The average molecular weight is 289 g/mol. The van der Waals surface area contributed by atoms with Gasteiger partial charge in [0.1, 0.15) is 11.5 Å². The first kappa shape index (κ1) is 14.9. The van der Waals surface area contributed by atoms with Crippen LogP contribution < -0.4 is 15.4 Å². The van der Waals surface area contributed by atoms with Crippen molar-refractivity contribution in [1.82, 2.24) is 5.16 Å². The first-order valence-electron chi connectivity index (χ1n) is 6.70. The van der Waals surface area contributed by atoms with Gasteiger partial charge in [-0.3, -0.25) is 4.79 Å². The highest BCUT2D eigenvalue weighted by atomic mass is 16.5. The average Bonchev–Trinajstić information content (AvgIpc) is 2.84. The number of aromatic nitrogens is 1. The van der Waals surface area contributed by atoms with Crippen LogP contribution in [-0.4, -0.2) is 24.7 Å². The van der Waals surface area contributed by atoms with Gasteiger partial charge in [0.2, 0.25) is 5.91 Å². The summed E-state index contributed by atoms with van der Waals surface area (Å²) in [6.45, 7) is 4.28. The van der Waals surface area contributed by atoms with Gasteiger partial charge in [0, 0.05) is 19.0 Å². The van der Waals surface area contributed by atoms with E-state index in [1.165, 1.54) is 0 Å².